The Morgan fingerprint density at radius 2 is 1.77 bits per heavy atom. The Balaban J connectivity index is 1.75. The molecule has 1 aromatic carbocycles. The Kier molecular flexibility index (Phi) is 8.40. The van der Waals surface area contributed by atoms with Gasteiger partial charge in [-0.2, -0.15) is 5.10 Å². The van der Waals surface area contributed by atoms with E-state index in [-0.39, 0.29) is 29.5 Å². The fourth-order valence-corrected chi connectivity index (χ4v) is 3.61. The molecule has 2 heterocycles. The first kappa shape index (κ1) is 25.7. The molecule has 0 aliphatic heterocycles. The second-order valence-electron chi connectivity index (χ2n) is 8.82. The van der Waals surface area contributed by atoms with Gasteiger partial charge in [0.05, 0.1) is 11.9 Å². The lowest BCUT2D eigenvalue weighted by Gasteiger charge is -2.16. The lowest BCUT2D eigenvalue weighted by molar-refractivity contribution is -0.120. The number of aromatic amines is 1. The maximum Gasteiger partial charge on any atom is 0.289 e. The van der Waals surface area contributed by atoms with E-state index in [1.54, 1.807) is 24.3 Å². The number of H-pyrrole nitrogens is 1. The van der Waals surface area contributed by atoms with Gasteiger partial charge in [0.25, 0.3) is 11.8 Å². The van der Waals surface area contributed by atoms with Crippen LogP contribution in [0, 0.1) is 5.92 Å². The highest BCUT2D eigenvalue weighted by atomic mass is 16.4. The maximum atomic E-state index is 12.6. The van der Waals surface area contributed by atoms with Crippen LogP contribution < -0.4 is 16.4 Å². The van der Waals surface area contributed by atoms with Gasteiger partial charge in [-0.05, 0) is 43.4 Å². The Morgan fingerprint density at radius 1 is 1.06 bits per heavy atom. The zero-order valence-corrected chi connectivity index (χ0v) is 20.4. The van der Waals surface area contributed by atoms with Gasteiger partial charge in [0.2, 0.25) is 17.6 Å². The highest BCUT2D eigenvalue weighted by molar-refractivity contribution is 5.95. The molecule has 0 fully saturated rings. The predicted molar refractivity (Wildman–Crippen MR) is 131 cm³/mol. The van der Waals surface area contributed by atoms with E-state index in [9.17, 15) is 14.4 Å². The van der Waals surface area contributed by atoms with Crippen molar-refractivity contribution in [3.8, 4) is 22.7 Å². The van der Waals surface area contributed by atoms with E-state index in [1.807, 2.05) is 33.8 Å². The number of nitrogens with one attached hydrogen (secondary N) is 3. The van der Waals surface area contributed by atoms with Crippen molar-refractivity contribution in [1.82, 2.24) is 25.8 Å². The molecule has 3 rings (SSSR count). The minimum atomic E-state index is -0.796. The van der Waals surface area contributed by atoms with Crippen molar-refractivity contribution in [2.45, 2.75) is 59.0 Å². The molecule has 0 unspecified atom stereocenters. The standard InChI is InChI=1S/C25H32N6O4/c1-5-17(6-2)28-23(33)20-12-18(30-31-20)15-8-7-9-16(11-15)25-27-13-21(35-25)24(34)29-19(22(26)32)10-14(3)4/h7-9,11-14,17,19H,5-6,10H2,1-4H3,(H2,26,32)(H,28,33)(H,29,34)(H,30,31)/t19-/m0/s1. The highest BCUT2D eigenvalue weighted by Crippen LogP contribution is 2.26. The number of oxazole rings is 1. The number of carbonyl (C=O) groups excluding carboxylic acids is 3. The van der Waals surface area contributed by atoms with Gasteiger partial charge in [-0.25, -0.2) is 4.98 Å². The minimum Gasteiger partial charge on any atom is -0.431 e. The third kappa shape index (κ3) is 6.56. The van der Waals surface area contributed by atoms with E-state index in [1.165, 1.54) is 6.20 Å². The summed E-state index contributed by atoms with van der Waals surface area (Å²) in [6.07, 6.45) is 3.43. The Hall–Kier alpha value is -3.95. The molecule has 5 N–H and O–H groups in total. The Labute approximate surface area is 204 Å². The molecule has 0 spiro atoms. The van der Waals surface area contributed by atoms with Gasteiger partial charge in [0.1, 0.15) is 11.7 Å². The van der Waals surface area contributed by atoms with Gasteiger partial charge in [0, 0.05) is 17.2 Å². The SMILES string of the molecule is CCC(CC)NC(=O)c1cc(-c2cccc(-c3ncc(C(=O)N[C@@H](CC(C)C)C(N)=O)o3)c2)n[nH]1. The van der Waals surface area contributed by atoms with Crippen molar-refractivity contribution in [1.29, 1.82) is 0 Å². The summed E-state index contributed by atoms with van der Waals surface area (Å²) >= 11 is 0. The molecule has 10 nitrogen and oxygen atoms in total. The van der Waals surface area contributed by atoms with Gasteiger partial charge in [-0.3, -0.25) is 19.5 Å². The van der Waals surface area contributed by atoms with E-state index in [0.717, 1.165) is 18.4 Å². The van der Waals surface area contributed by atoms with Crippen LogP contribution in [0.2, 0.25) is 0 Å². The number of hydrogen-bond donors (Lipinski definition) is 4. The molecule has 0 saturated carbocycles. The van der Waals surface area contributed by atoms with Crippen LogP contribution in [0.3, 0.4) is 0 Å². The van der Waals surface area contributed by atoms with Gasteiger partial charge in [-0.1, -0.05) is 39.8 Å². The fraction of sp³-hybridized carbons (Fsp3) is 0.400. The number of amides is 3. The predicted octanol–water partition coefficient (Wildman–Crippen LogP) is 3.28. The topological polar surface area (TPSA) is 156 Å². The summed E-state index contributed by atoms with van der Waals surface area (Å²) in [5, 5.41) is 12.6. The molecule has 10 heteroatoms. The fourth-order valence-electron chi connectivity index (χ4n) is 3.61. The normalized spacial score (nSPS) is 12.1. The molecule has 3 aromatic rings. The molecule has 0 radical (unpaired) electrons. The summed E-state index contributed by atoms with van der Waals surface area (Å²) in [5.41, 5.74) is 7.74. The second kappa shape index (κ2) is 11.5. The molecule has 1 atom stereocenters. The van der Waals surface area contributed by atoms with Crippen LogP contribution in [-0.2, 0) is 4.79 Å². The average Bonchev–Trinajstić information content (AvgIpc) is 3.52. The number of rotatable bonds is 11. The van der Waals surface area contributed by atoms with Crippen molar-refractivity contribution in [3.05, 3.63) is 48.0 Å². The molecule has 0 aliphatic rings. The van der Waals surface area contributed by atoms with Crippen LogP contribution in [0.5, 0.6) is 0 Å². The van der Waals surface area contributed by atoms with Crippen molar-refractivity contribution in [2.24, 2.45) is 11.7 Å². The number of carbonyl (C=O) groups is 3. The van der Waals surface area contributed by atoms with Crippen molar-refractivity contribution in [2.75, 3.05) is 0 Å². The largest absolute Gasteiger partial charge is 0.431 e. The smallest absolute Gasteiger partial charge is 0.289 e. The summed E-state index contributed by atoms with van der Waals surface area (Å²) < 4.78 is 5.65. The Bertz CT molecular complexity index is 1180. The molecule has 3 amide bonds. The number of hydrogen-bond acceptors (Lipinski definition) is 6. The quantitative estimate of drug-likeness (QED) is 0.330. The van der Waals surface area contributed by atoms with Crippen LogP contribution in [-0.4, -0.2) is 45.0 Å². The van der Waals surface area contributed by atoms with Gasteiger partial charge < -0.3 is 20.8 Å². The van der Waals surface area contributed by atoms with Crippen molar-refractivity contribution >= 4 is 17.7 Å². The molecule has 0 aliphatic carbocycles. The number of nitrogens with two attached hydrogens (primary N) is 1. The zero-order valence-electron chi connectivity index (χ0n) is 20.4. The van der Waals surface area contributed by atoms with Crippen molar-refractivity contribution in [3.63, 3.8) is 0 Å². The molecule has 186 valence electrons. The number of nitrogens with zero attached hydrogens (tertiary/aromatic N) is 2. The summed E-state index contributed by atoms with van der Waals surface area (Å²) in [7, 11) is 0. The van der Waals surface area contributed by atoms with Crippen LogP contribution in [0.1, 0.15) is 68.0 Å². The van der Waals surface area contributed by atoms with Crippen LogP contribution in [0.4, 0.5) is 0 Å². The van der Waals surface area contributed by atoms with Crippen LogP contribution in [0.15, 0.2) is 40.9 Å². The average molecular weight is 481 g/mol. The lowest BCUT2D eigenvalue weighted by Crippen LogP contribution is -2.45. The van der Waals surface area contributed by atoms with E-state index >= 15 is 0 Å². The monoisotopic (exact) mass is 480 g/mol. The Morgan fingerprint density at radius 3 is 2.43 bits per heavy atom. The summed E-state index contributed by atoms with van der Waals surface area (Å²) in [6, 6.07) is 8.24. The third-order valence-corrected chi connectivity index (χ3v) is 5.63. The molecular weight excluding hydrogens is 448 g/mol. The number of primary amides is 1. The van der Waals surface area contributed by atoms with Gasteiger partial charge in [-0.15, -0.1) is 0 Å². The molecule has 35 heavy (non-hydrogen) atoms. The van der Waals surface area contributed by atoms with Gasteiger partial charge in [0.15, 0.2) is 0 Å². The molecule has 0 bridgehead atoms. The first-order valence-corrected chi connectivity index (χ1v) is 11.7. The molecule has 2 aromatic heterocycles. The lowest BCUT2D eigenvalue weighted by atomic mass is 10.0. The first-order chi connectivity index (χ1) is 16.7. The van der Waals surface area contributed by atoms with Gasteiger partial charge >= 0.3 is 0 Å². The summed E-state index contributed by atoms with van der Waals surface area (Å²) in [6.45, 7) is 7.92. The van der Waals surface area contributed by atoms with E-state index < -0.39 is 17.9 Å². The molecule has 0 saturated heterocycles. The number of aromatic nitrogens is 3. The van der Waals surface area contributed by atoms with Crippen LogP contribution >= 0.6 is 0 Å². The highest BCUT2D eigenvalue weighted by Gasteiger charge is 2.23. The summed E-state index contributed by atoms with van der Waals surface area (Å²) in [4.78, 5) is 40.9. The van der Waals surface area contributed by atoms with E-state index in [4.69, 9.17) is 10.2 Å². The zero-order chi connectivity index (χ0) is 25.5. The number of benzene rings is 1. The van der Waals surface area contributed by atoms with E-state index in [2.05, 4.69) is 25.8 Å². The minimum absolute atomic E-state index is 0.0273. The van der Waals surface area contributed by atoms with Crippen molar-refractivity contribution < 1.29 is 18.8 Å². The maximum absolute atomic E-state index is 12.6. The third-order valence-electron chi connectivity index (χ3n) is 5.63. The second-order valence-corrected chi connectivity index (χ2v) is 8.82. The van der Waals surface area contributed by atoms with Crippen LogP contribution in [0.25, 0.3) is 22.7 Å². The van der Waals surface area contributed by atoms with E-state index in [0.29, 0.717) is 23.4 Å². The summed E-state index contributed by atoms with van der Waals surface area (Å²) in [5.74, 6) is -0.992. The molecular formula is C25H32N6O4. The first-order valence-electron chi connectivity index (χ1n) is 11.7.